The molecule has 0 saturated carbocycles. The molecule has 0 fully saturated rings. The minimum absolute atomic E-state index is 0.570. The molecule has 0 aliphatic rings. The Bertz CT molecular complexity index is 447. The standard InChI is InChI=1S/C12H12N2.C2H2/c13-9-10-4-3-5-11(8-10)12-6-1-2-7-14-12;1-2/h1-8H,9,13H2;1-2H. The fourth-order valence-electron chi connectivity index (χ4n) is 1.39. The lowest BCUT2D eigenvalue weighted by atomic mass is 10.1. The van der Waals surface area contributed by atoms with Gasteiger partial charge < -0.3 is 5.73 Å². The highest BCUT2D eigenvalue weighted by molar-refractivity contribution is 5.59. The summed E-state index contributed by atoms with van der Waals surface area (Å²) < 4.78 is 0. The van der Waals surface area contributed by atoms with E-state index in [1.165, 1.54) is 0 Å². The molecule has 0 aliphatic heterocycles. The Morgan fingerprint density at radius 1 is 1.06 bits per heavy atom. The van der Waals surface area contributed by atoms with Gasteiger partial charge in [-0.1, -0.05) is 24.3 Å². The molecule has 0 radical (unpaired) electrons. The number of pyridine rings is 1. The van der Waals surface area contributed by atoms with Crippen molar-refractivity contribution in [1.29, 1.82) is 0 Å². The van der Waals surface area contributed by atoms with Crippen molar-refractivity contribution in [2.75, 3.05) is 0 Å². The first-order valence-electron chi connectivity index (χ1n) is 4.94. The van der Waals surface area contributed by atoms with E-state index in [-0.39, 0.29) is 0 Å². The van der Waals surface area contributed by atoms with E-state index in [1.807, 2.05) is 36.4 Å². The number of rotatable bonds is 2. The molecule has 0 aliphatic carbocycles. The summed E-state index contributed by atoms with van der Waals surface area (Å²) in [5.74, 6) is 0. The van der Waals surface area contributed by atoms with Gasteiger partial charge in [0.05, 0.1) is 5.69 Å². The maximum absolute atomic E-state index is 5.58. The molecule has 16 heavy (non-hydrogen) atoms. The minimum atomic E-state index is 0.570. The third kappa shape index (κ3) is 2.94. The molecule has 80 valence electrons. The highest BCUT2D eigenvalue weighted by atomic mass is 14.7. The normalized spacial score (nSPS) is 8.94. The lowest BCUT2D eigenvalue weighted by molar-refractivity contribution is 1.07. The molecule has 0 amide bonds. The average molecular weight is 210 g/mol. The Balaban J connectivity index is 0.000000606. The van der Waals surface area contributed by atoms with Crippen molar-refractivity contribution in [1.82, 2.24) is 4.98 Å². The van der Waals surface area contributed by atoms with E-state index in [0.29, 0.717) is 6.54 Å². The summed E-state index contributed by atoms with van der Waals surface area (Å²) in [7, 11) is 0. The van der Waals surface area contributed by atoms with E-state index in [1.54, 1.807) is 6.20 Å². The van der Waals surface area contributed by atoms with Crippen LogP contribution in [-0.4, -0.2) is 4.98 Å². The zero-order valence-corrected chi connectivity index (χ0v) is 9.01. The lowest BCUT2D eigenvalue weighted by Gasteiger charge is -2.02. The van der Waals surface area contributed by atoms with Crippen molar-refractivity contribution in [3.05, 3.63) is 54.2 Å². The second kappa shape index (κ2) is 6.39. The van der Waals surface area contributed by atoms with Gasteiger partial charge in [-0.2, -0.15) is 0 Å². The maximum Gasteiger partial charge on any atom is 0.0702 e. The number of hydrogen-bond acceptors (Lipinski definition) is 2. The topological polar surface area (TPSA) is 38.9 Å². The summed E-state index contributed by atoms with van der Waals surface area (Å²) in [5, 5.41) is 0. The molecule has 1 aromatic carbocycles. The van der Waals surface area contributed by atoms with Crippen molar-refractivity contribution in [3.63, 3.8) is 0 Å². The zero-order valence-electron chi connectivity index (χ0n) is 9.01. The third-order valence-corrected chi connectivity index (χ3v) is 2.12. The first kappa shape index (κ1) is 12.0. The summed E-state index contributed by atoms with van der Waals surface area (Å²) >= 11 is 0. The van der Waals surface area contributed by atoms with Crippen molar-refractivity contribution < 1.29 is 0 Å². The van der Waals surface area contributed by atoms with Gasteiger partial charge in [0.15, 0.2) is 0 Å². The fraction of sp³-hybridized carbons (Fsp3) is 0.0714. The summed E-state index contributed by atoms with van der Waals surface area (Å²) in [5.41, 5.74) is 8.82. The number of terminal acetylenes is 1. The largest absolute Gasteiger partial charge is 0.326 e. The zero-order chi connectivity index (χ0) is 11.8. The number of nitrogens with zero attached hydrogens (tertiary/aromatic N) is 1. The summed E-state index contributed by atoms with van der Waals surface area (Å²) in [6.45, 7) is 0.570. The molecule has 1 heterocycles. The quantitative estimate of drug-likeness (QED) is 0.773. The monoisotopic (exact) mass is 210 g/mol. The fourth-order valence-corrected chi connectivity index (χ4v) is 1.39. The van der Waals surface area contributed by atoms with Crippen LogP contribution in [0, 0.1) is 12.8 Å². The van der Waals surface area contributed by atoms with Gasteiger partial charge in [0.25, 0.3) is 0 Å². The molecule has 0 atom stereocenters. The van der Waals surface area contributed by atoms with Crippen LogP contribution in [0.5, 0.6) is 0 Å². The van der Waals surface area contributed by atoms with Gasteiger partial charge in [0.1, 0.15) is 0 Å². The molecule has 2 aromatic rings. The van der Waals surface area contributed by atoms with Crippen molar-refractivity contribution >= 4 is 0 Å². The Hall–Kier alpha value is -2.11. The van der Waals surface area contributed by atoms with Crippen molar-refractivity contribution in [2.45, 2.75) is 6.54 Å². The molecule has 2 nitrogen and oxygen atoms in total. The molecular formula is C14H14N2. The van der Waals surface area contributed by atoms with Crippen LogP contribution >= 0.6 is 0 Å². The first-order valence-corrected chi connectivity index (χ1v) is 4.94. The van der Waals surface area contributed by atoms with E-state index in [4.69, 9.17) is 5.73 Å². The summed E-state index contributed by atoms with van der Waals surface area (Å²) in [6, 6.07) is 14.0. The van der Waals surface area contributed by atoms with Gasteiger partial charge in [-0.15, -0.1) is 12.8 Å². The number of nitrogens with two attached hydrogens (primary N) is 1. The molecule has 0 unspecified atom stereocenters. The van der Waals surface area contributed by atoms with Crippen LogP contribution in [0.3, 0.4) is 0 Å². The first-order chi connectivity index (χ1) is 7.90. The highest BCUT2D eigenvalue weighted by Gasteiger charge is 1.97. The second-order valence-electron chi connectivity index (χ2n) is 3.12. The second-order valence-corrected chi connectivity index (χ2v) is 3.12. The average Bonchev–Trinajstić information content (AvgIpc) is 2.42. The molecule has 0 spiro atoms. The van der Waals surface area contributed by atoms with Crippen molar-refractivity contribution in [3.8, 4) is 24.1 Å². The van der Waals surface area contributed by atoms with Crippen LogP contribution in [0.1, 0.15) is 5.56 Å². The van der Waals surface area contributed by atoms with E-state index >= 15 is 0 Å². The lowest BCUT2D eigenvalue weighted by Crippen LogP contribution is -1.95. The number of hydrogen-bond donors (Lipinski definition) is 1. The van der Waals surface area contributed by atoms with Gasteiger partial charge >= 0.3 is 0 Å². The number of benzene rings is 1. The molecular weight excluding hydrogens is 196 g/mol. The smallest absolute Gasteiger partial charge is 0.0702 e. The summed E-state index contributed by atoms with van der Waals surface area (Å²) in [6.07, 6.45) is 9.80. The summed E-state index contributed by atoms with van der Waals surface area (Å²) in [4.78, 5) is 4.28. The van der Waals surface area contributed by atoms with Crippen molar-refractivity contribution in [2.24, 2.45) is 5.73 Å². The molecule has 0 bridgehead atoms. The molecule has 2 heteroatoms. The van der Waals surface area contributed by atoms with E-state index in [9.17, 15) is 0 Å². The third-order valence-electron chi connectivity index (χ3n) is 2.12. The van der Waals surface area contributed by atoms with E-state index in [0.717, 1.165) is 16.8 Å². The predicted molar refractivity (Wildman–Crippen MR) is 67.5 cm³/mol. The highest BCUT2D eigenvalue weighted by Crippen LogP contribution is 2.17. The Morgan fingerprint density at radius 3 is 2.50 bits per heavy atom. The predicted octanol–water partition coefficient (Wildman–Crippen LogP) is 2.46. The number of aromatic nitrogens is 1. The van der Waals surface area contributed by atoms with E-state index < -0.39 is 0 Å². The Kier molecular flexibility index (Phi) is 4.78. The van der Waals surface area contributed by atoms with Crippen LogP contribution in [0.4, 0.5) is 0 Å². The van der Waals surface area contributed by atoms with Gasteiger partial charge in [0, 0.05) is 18.3 Å². The SMILES string of the molecule is C#C.NCc1cccc(-c2ccccn2)c1. The molecule has 1 aromatic heterocycles. The van der Waals surface area contributed by atoms with Gasteiger partial charge in [-0.05, 0) is 23.8 Å². The van der Waals surface area contributed by atoms with Gasteiger partial charge in [0.2, 0.25) is 0 Å². The Morgan fingerprint density at radius 2 is 1.88 bits per heavy atom. The molecule has 2 N–H and O–H groups in total. The van der Waals surface area contributed by atoms with Crippen LogP contribution in [0.2, 0.25) is 0 Å². The molecule has 2 rings (SSSR count). The van der Waals surface area contributed by atoms with Crippen LogP contribution in [-0.2, 0) is 6.54 Å². The van der Waals surface area contributed by atoms with Crippen LogP contribution < -0.4 is 5.73 Å². The van der Waals surface area contributed by atoms with Crippen LogP contribution in [0.15, 0.2) is 48.7 Å². The van der Waals surface area contributed by atoms with Gasteiger partial charge in [-0.3, -0.25) is 4.98 Å². The Labute approximate surface area is 96.1 Å². The van der Waals surface area contributed by atoms with E-state index in [2.05, 4.69) is 23.9 Å². The minimum Gasteiger partial charge on any atom is -0.326 e. The van der Waals surface area contributed by atoms with Crippen LogP contribution in [0.25, 0.3) is 11.3 Å². The maximum atomic E-state index is 5.58. The molecule has 0 saturated heterocycles. The van der Waals surface area contributed by atoms with Gasteiger partial charge in [-0.25, -0.2) is 0 Å².